The summed E-state index contributed by atoms with van der Waals surface area (Å²) in [4.78, 5) is 25.3. The Kier molecular flexibility index (Phi) is 6.95. The van der Waals surface area contributed by atoms with Crippen molar-refractivity contribution >= 4 is 22.9 Å². The number of unbranched alkanes of at least 4 members (excludes halogenated alkanes) is 1. The number of carbonyl (C=O) groups is 1. The molecule has 1 N–H and O–H groups in total. The van der Waals surface area contributed by atoms with Gasteiger partial charge in [0.15, 0.2) is 5.69 Å². The lowest BCUT2D eigenvalue weighted by atomic mass is 10.1. The summed E-state index contributed by atoms with van der Waals surface area (Å²) in [6, 6.07) is 14.2. The number of aromatic nitrogens is 2. The Morgan fingerprint density at radius 2 is 1.87 bits per heavy atom. The van der Waals surface area contributed by atoms with E-state index in [-0.39, 0.29) is 17.3 Å². The zero-order valence-electron chi connectivity index (χ0n) is 17.5. The minimum Gasteiger partial charge on any atom is -0.494 e. The number of hydrogen-bond donors (Lipinski definition) is 1. The first-order valence-electron chi connectivity index (χ1n) is 10.1. The summed E-state index contributed by atoms with van der Waals surface area (Å²) in [6.07, 6.45) is 3.65. The molecule has 2 aromatic carbocycles. The summed E-state index contributed by atoms with van der Waals surface area (Å²) in [7, 11) is 0. The van der Waals surface area contributed by atoms with Gasteiger partial charge >= 0.3 is 0 Å². The van der Waals surface area contributed by atoms with Crippen molar-refractivity contribution in [2.45, 2.75) is 39.7 Å². The second-order valence-electron chi connectivity index (χ2n) is 7.21. The maximum Gasteiger partial charge on any atom is 0.292 e. The minimum atomic E-state index is -0.476. The van der Waals surface area contributed by atoms with Crippen LogP contribution >= 0.6 is 0 Å². The number of carbonyl (C=O) groups excluding carboxylic acids is 1. The van der Waals surface area contributed by atoms with Crippen LogP contribution in [0.2, 0.25) is 0 Å². The molecular formula is C23H26N4O3. The summed E-state index contributed by atoms with van der Waals surface area (Å²) in [6.45, 7) is 6.50. The first-order chi connectivity index (χ1) is 14.5. The number of rotatable bonds is 8. The standard InChI is InChI=1S/C23H26N4O3/c1-4-5-14-30-18-12-10-17(11-13-18)15-24-25-22(28)21-19-8-6-7-9-20(19)23(29)27(26-21)16(2)3/h6-13,15-16H,4-5,14H2,1-3H3,(H,25,28)/b24-15-. The van der Waals surface area contributed by atoms with Gasteiger partial charge in [0.2, 0.25) is 0 Å². The second-order valence-corrected chi connectivity index (χ2v) is 7.21. The molecule has 0 radical (unpaired) electrons. The molecule has 7 heteroatoms. The highest BCUT2D eigenvalue weighted by Gasteiger charge is 2.17. The molecule has 0 saturated heterocycles. The average molecular weight is 406 g/mol. The monoisotopic (exact) mass is 406 g/mol. The minimum absolute atomic E-state index is 0.163. The largest absolute Gasteiger partial charge is 0.494 e. The maximum absolute atomic E-state index is 12.7. The van der Waals surface area contributed by atoms with E-state index in [1.54, 1.807) is 30.5 Å². The van der Waals surface area contributed by atoms with Crippen LogP contribution in [0, 0.1) is 0 Å². The quantitative estimate of drug-likeness (QED) is 0.349. The number of nitrogens with one attached hydrogen (secondary N) is 1. The van der Waals surface area contributed by atoms with E-state index in [0.29, 0.717) is 17.4 Å². The lowest BCUT2D eigenvalue weighted by Crippen LogP contribution is -2.30. The number of hydrazone groups is 1. The molecule has 1 heterocycles. The van der Waals surface area contributed by atoms with Gasteiger partial charge in [-0.15, -0.1) is 0 Å². The Labute approximate surface area is 175 Å². The normalized spacial score (nSPS) is 11.3. The van der Waals surface area contributed by atoms with Crippen LogP contribution in [-0.2, 0) is 0 Å². The van der Waals surface area contributed by atoms with Crippen molar-refractivity contribution < 1.29 is 9.53 Å². The predicted molar refractivity (Wildman–Crippen MR) is 118 cm³/mol. The third-order valence-electron chi connectivity index (χ3n) is 4.56. The molecule has 0 bridgehead atoms. The van der Waals surface area contributed by atoms with Gasteiger partial charge < -0.3 is 4.74 Å². The molecule has 3 aromatic rings. The van der Waals surface area contributed by atoms with Crippen molar-refractivity contribution in [1.82, 2.24) is 15.2 Å². The molecule has 3 rings (SSSR count). The molecule has 7 nitrogen and oxygen atoms in total. The molecule has 0 fully saturated rings. The van der Waals surface area contributed by atoms with Crippen molar-refractivity contribution in [1.29, 1.82) is 0 Å². The smallest absolute Gasteiger partial charge is 0.292 e. The molecule has 1 aromatic heterocycles. The molecule has 1 amide bonds. The van der Waals surface area contributed by atoms with Gasteiger partial charge in [0.25, 0.3) is 11.5 Å². The lowest BCUT2D eigenvalue weighted by molar-refractivity contribution is 0.0949. The highest BCUT2D eigenvalue weighted by atomic mass is 16.5. The van der Waals surface area contributed by atoms with Crippen molar-refractivity contribution in [2.24, 2.45) is 5.10 Å². The second kappa shape index (κ2) is 9.82. The van der Waals surface area contributed by atoms with Gasteiger partial charge in [0, 0.05) is 5.39 Å². The van der Waals surface area contributed by atoms with Crippen LogP contribution in [0.1, 0.15) is 55.7 Å². The lowest BCUT2D eigenvalue weighted by Gasteiger charge is -2.12. The average Bonchev–Trinajstić information content (AvgIpc) is 2.75. The van der Waals surface area contributed by atoms with E-state index in [1.807, 2.05) is 38.1 Å². The first-order valence-corrected chi connectivity index (χ1v) is 10.1. The Morgan fingerprint density at radius 3 is 2.53 bits per heavy atom. The van der Waals surface area contributed by atoms with Crippen LogP contribution in [0.4, 0.5) is 0 Å². The molecule has 0 spiro atoms. The van der Waals surface area contributed by atoms with Crippen molar-refractivity contribution in [3.63, 3.8) is 0 Å². The molecule has 0 saturated carbocycles. The summed E-state index contributed by atoms with van der Waals surface area (Å²) in [5, 5.41) is 9.26. The fourth-order valence-electron chi connectivity index (χ4n) is 2.93. The first kappa shape index (κ1) is 21.2. The van der Waals surface area contributed by atoms with Gasteiger partial charge in [-0.3, -0.25) is 9.59 Å². The Hall–Kier alpha value is -3.48. The number of fused-ring (bicyclic) bond motifs is 1. The molecule has 0 aliphatic rings. The maximum atomic E-state index is 12.7. The number of amides is 1. The molecule has 0 aliphatic carbocycles. The van der Waals surface area contributed by atoms with Gasteiger partial charge in [-0.05, 0) is 56.2 Å². The topological polar surface area (TPSA) is 85.6 Å². The van der Waals surface area contributed by atoms with E-state index < -0.39 is 5.91 Å². The molecule has 156 valence electrons. The SMILES string of the molecule is CCCCOc1ccc(/C=N\NC(=O)c2nn(C(C)C)c(=O)c3ccccc23)cc1. The fraction of sp³-hybridized carbons (Fsp3) is 0.304. The number of benzene rings is 2. The number of ether oxygens (including phenoxy) is 1. The third-order valence-corrected chi connectivity index (χ3v) is 4.56. The Morgan fingerprint density at radius 1 is 1.17 bits per heavy atom. The van der Waals surface area contributed by atoms with Crippen LogP contribution in [-0.4, -0.2) is 28.5 Å². The molecule has 0 unspecified atom stereocenters. The highest BCUT2D eigenvalue weighted by Crippen LogP contribution is 2.15. The highest BCUT2D eigenvalue weighted by molar-refractivity contribution is 6.04. The van der Waals surface area contributed by atoms with Crippen LogP contribution in [0.3, 0.4) is 0 Å². The van der Waals surface area contributed by atoms with Crippen molar-refractivity contribution in [3.8, 4) is 5.75 Å². The fourth-order valence-corrected chi connectivity index (χ4v) is 2.93. The van der Waals surface area contributed by atoms with Gasteiger partial charge in [0.1, 0.15) is 5.75 Å². The predicted octanol–water partition coefficient (Wildman–Crippen LogP) is 3.92. The molecule has 0 atom stereocenters. The molecule has 0 aliphatic heterocycles. The van der Waals surface area contributed by atoms with Gasteiger partial charge in [-0.2, -0.15) is 10.2 Å². The van der Waals surface area contributed by atoms with E-state index >= 15 is 0 Å². The molecule has 30 heavy (non-hydrogen) atoms. The number of nitrogens with zero attached hydrogens (tertiary/aromatic N) is 3. The summed E-state index contributed by atoms with van der Waals surface area (Å²) < 4.78 is 6.95. The van der Waals surface area contributed by atoms with Gasteiger partial charge in [-0.25, -0.2) is 10.1 Å². The zero-order chi connectivity index (χ0) is 21.5. The van der Waals surface area contributed by atoms with Gasteiger partial charge in [-0.1, -0.05) is 31.5 Å². The summed E-state index contributed by atoms with van der Waals surface area (Å²) >= 11 is 0. The number of hydrogen-bond acceptors (Lipinski definition) is 5. The van der Waals surface area contributed by atoms with Crippen molar-refractivity contribution in [2.75, 3.05) is 6.61 Å². The van der Waals surface area contributed by atoms with E-state index in [9.17, 15) is 9.59 Å². The van der Waals surface area contributed by atoms with Crippen LogP contribution < -0.4 is 15.7 Å². The van der Waals surface area contributed by atoms with Gasteiger partial charge in [0.05, 0.1) is 24.2 Å². The van der Waals surface area contributed by atoms with E-state index in [1.165, 1.54) is 4.68 Å². The zero-order valence-corrected chi connectivity index (χ0v) is 17.5. The van der Waals surface area contributed by atoms with Crippen LogP contribution in [0.15, 0.2) is 58.4 Å². The van der Waals surface area contributed by atoms with Crippen LogP contribution in [0.25, 0.3) is 10.8 Å². The summed E-state index contributed by atoms with van der Waals surface area (Å²) in [5.41, 5.74) is 3.27. The molecular weight excluding hydrogens is 380 g/mol. The van der Waals surface area contributed by atoms with Crippen molar-refractivity contribution in [3.05, 3.63) is 70.1 Å². The Balaban J connectivity index is 1.76. The van der Waals surface area contributed by atoms with E-state index in [4.69, 9.17) is 4.74 Å². The third kappa shape index (κ3) is 4.92. The van der Waals surface area contributed by atoms with Crippen LogP contribution in [0.5, 0.6) is 5.75 Å². The van der Waals surface area contributed by atoms with E-state index in [2.05, 4.69) is 22.5 Å². The summed E-state index contributed by atoms with van der Waals surface area (Å²) in [5.74, 6) is 0.326. The van der Waals surface area contributed by atoms with E-state index in [0.717, 1.165) is 24.2 Å². The Bertz CT molecular complexity index is 1100.